The van der Waals surface area contributed by atoms with Crippen LogP contribution >= 0.6 is 0 Å². The fourth-order valence-electron chi connectivity index (χ4n) is 7.99. The van der Waals surface area contributed by atoms with E-state index in [1.165, 1.54) is 122 Å². The van der Waals surface area contributed by atoms with Crippen molar-refractivity contribution in [3.63, 3.8) is 0 Å². The van der Waals surface area contributed by atoms with Crippen LogP contribution in [-0.2, 0) is 23.7 Å². The minimum absolute atomic E-state index is 0.150. The number of aliphatic hydroxyl groups excluding tert-OH is 8. The molecule has 0 radical (unpaired) electrons. The van der Waals surface area contributed by atoms with Crippen molar-refractivity contribution in [3.8, 4) is 0 Å². The number of unbranched alkanes of at least 4 members (excludes halogenated alkanes) is 21. The molecule has 14 heteroatoms. The van der Waals surface area contributed by atoms with Gasteiger partial charge in [0, 0.05) is 6.42 Å². The second kappa shape index (κ2) is 36.3. The van der Waals surface area contributed by atoms with Gasteiger partial charge in [-0.3, -0.25) is 4.79 Å². The van der Waals surface area contributed by atoms with Crippen molar-refractivity contribution in [1.82, 2.24) is 5.32 Å². The summed E-state index contributed by atoms with van der Waals surface area (Å²) < 4.78 is 22.3. The Bertz CT molecular complexity index is 1200. The third kappa shape index (κ3) is 24.0. The summed E-state index contributed by atoms with van der Waals surface area (Å²) >= 11 is 0. The van der Waals surface area contributed by atoms with Gasteiger partial charge in [-0.05, 0) is 38.5 Å². The molecule has 2 saturated heterocycles. The Morgan fingerprint density at radius 3 is 1.49 bits per heavy atom. The Labute approximate surface area is 379 Å². The number of hydrogen-bond donors (Lipinski definition) is 9. The van der Waals surface area contributed by atoms with Gasteiger partial charge in [0.2, 0.25) is 5.91 Å². The number of hydrogen-bond acceptors (Lipinski definition) is 13. The van der Waals surface area contributed by atoms with Crippen molar-refractivity contribution in [2.45, 2.75) is 248 Å². The zero-order valence-electron chi connectivity index (χ0n) is 38.8. The lowest BCUT2D eigenvalue weighted by atomic mass is 9.97. The zero-order valence-corrected chi connectivity index (χ0v) is 38.8. The second-order valence-corrected chi connectivity index (χ2v) is 17.5. The van der Waals surface area contributed by atoms with Crippen LogP contribution in [0.4, 0.5) is 0 Å². The standard InChI is InChI=1S/C49H89NO13/c1-3-5-6-7-8-9-10-11-12-13-14-15-16-17-18-19-20-21-22-23-24-25-26-27-28-29-30-31-32-33-38(53)37(50-41(54)4-2)36-60-48-46(59)44(57)47(40(35-52)62-48)63-49-45(58)43(56)42(55)39(34-51)61-49/h24-25,28-29,32-33,37-40,42-49,51-53,55-59H,3-23,26-27,30-31,34-36H2,1-2H3,(H,50,54)/b25-24+,29-28+,33-32+. The topological polar surface area (TPSA) is 228 Å². The first-order valence-corrected chi connectivity index (χ1v) is 24.7. The van der Waals surface area contributed by atoms with Gasteiger partial charge in [0.05, 0.1) is 32.0 Å². The molecular formula is C49H89NO13. The second-order valence-electron chi connectivity index (χ2n) is 17.5. The third-order valence-corrected chi connectivity index (χ3v) is 12.1. The number of carbonyl (C=O) groups excluding carboxylic acids is 1. The minimum atomic E-state index is -1.79. The van der Waals surface area contributed by atoms with Crippen molar-refractivity contribution in [1.29, 1.82) is 0 Å². The highest BCUT2D eigenvalue weighted by Gasteiger charge is 2.50. The van der Waals surface area contributed by atoms with E-state index in [9.17, 15) is 45.6 Å². The lowest BCUT2D eigenvalue weighted by Gasteiger charge is -2.46. The summed E-state index contributed by atoms with van der Waals surface area (Å²) in [6.07, 6.45) is 26.4. The molecule has 0 aromatic carbocycles. The summed E-state index contributed by atoms with van der Waals surface area (Å²) in [5, 5.41) is 85.3. The maximum atomic E-state index is 12.3. The maximum Gasteiger partial charge on any atom is 0.220 e. The Morgan fingerprint density at radius 2 is 1.00 bits per heavy atom. The SMILES string of the molecule is CCCCCCCCCCCCCCCCCCCCC/C=C/CC/C=C/CC/C=C/C(O)C(COC1OC(CO)C(OC2OC(CO)C(O)C(O)C2O)C(O)C1O)NC(=O)CC. The van der Waals surface area contributed by atoms with E-state index in [1.54, 1.807) is 13.0 Å². The molecule has 2 fully saturated rings. The lowest BCUT2D eigenvalue weighted by Crippen LogP contribution is -2.65. The Balaban J connectivity index is 1.57. The average Bonchev–Trinajstić information content (AvgIpc) is 3.28. The van der Waals surface area contributed by atoms with Gasteiger partial charge in [-0.15, -0.1) is 0 Å². The van der Waals surface area contributed by atoms with Crippen LogP contribution in [0, 0.1) is 0 Å². The van der Waals surface area contributed by atoms with Gasteiger partial charge in [0.1, 0.15) is 48.8 Å². The quantitative estimate of drug-likeness (QED) is 0.0261. The van der Waals surface area contributed by atoms with Crippen molar-refractivity contribution in [2.24, 2.45) is 0 Å². The average molecular weight is 900 g/mol. The highest BCUT2D eigenvalue weighted by atomic mass is 16.7. The largest absolute Gasteiger partial charge is 0.394 e. The van der Waals surface area contributed by atoms with Crippen molar-refractivity contribution in [2.75, 3.05) is 19.8 Å². The van der Waals surface area contributed by atoms with Crippen molar-refractivity contribution in [3.05, 3.63) is 36.5 Å². The van der Waals surface area contributed by atoms with Gasteiger partial charge in [-0.25, -0.2) is 0 Å². The van der Waals surface area contributed by atoms with E-state index in [1.807, 2.05) is 6.08 Å². The number of allylic oxidation sites excluding steroid dienone is 5. The van der Waals surface area contributed by atoms with E-state index in [-0.39, 0.29) is 18.9 Å². The van der Waals surface area contributed by atoms with E-state index in [4.69, 9.17) is 18.9 Å². The number of rotatable bonds is 37. The predicted molar refractivity (Wildman–Crippen MR) is 244 cm³/mol. The summed E-state index contributed by atoms with van der Waals surface area (Å²) in [5.74, 6) is -0.343. The first-order chi connectivity index (χ1) is 30.6. The van der Waals surface area contributed by atoms with Crippen LogP contribution in [0.3, 0.4) is 0 Å². The zero-order chi connectivity index (χ0) is 46.1. The van der Waals surface area contributed by atoms with E-state index >= 15 is 0 Å². The Morgan fingerprint density at radius 1 is 0.556 bits per heavy atom. The monoisotopic (exact) mass is 900 g/mol. The van der Waals surface area contributed by atoms with Crippen molar-refractivity contribution >= 4 is 5.91 Å². The summed E-state index contributed by atoms with van der Waals surface area (Å²) in [6.45, 7) is 2.19. The highest BCUT2D eigenvalue weighted by molar-refractivity contribution is 5.75. The number of ether oxygens (including phenoxy) is 4. The first-order valence-electron chi connectivity index (χ1n) is 24.7. The molecular weight excluding hydrogens is 811 g/mol. The summed E-state index contributed by atoms with van der Waals surface area (Å²) in [7, 11) is 0. The smallest absolute Gasteiger partial charge is 0.220 e. The number of nitrogens with one attached hydrogen (secondary N) is 1. The summed E-state index contributed by atoms with van der Waals surface area (Å²) in [6, 6.07) is -0.932. The minimum Gasteiger partial charge on any atom is -0.394 e. The maximum absolute atomic E-state index is 12.3. The molecule has 0 aliphatic carbocycles. The van der Waals surface area contributed by atoms with Crippen LogP contribution in [0.2, 0.25) is 0 Å². The van der Waals surface area contributed by atoms with Crippen LogP contribution in [0.1, 0.15) is 174 Å². The molecule has 14 nitrogen and oxygen atoms in total. The molecule has 0 aromatic rings. The molecule has 12 unspecified atom stereocenters. The molecule has 2 aliphatic heterocycles. The Hall–Kier alpha value is -1.79. The van der Waals surface area contributed by atoms with Crippen LogP contribution in [-0.4, -0.2) is 140 Å². The molecule has 1 amide bonds. The van der Waals surface area contributed by atoms with E-state index in [0.717, 1.165) is 25.7 Å². The van der Waals surface area contributed by atoms with Crippen LogP contribution < -0.4 is 5.32 Å². The van der Waals surface area contributed by atoms with Crippen LogP contribution in [0.25, 0.3) is 0 Å². The molecule has 9 N–H and O–H groups in total. The van der Waals surface area contributed by atoms with Gasteiger partial charge in [0.15, 0.2) is 12.6 Å². The molecule has 0 spiro atoms. The fraction of sp³-hybridized carbons (Fsp3) is 0.857. The molecule has 0 bridgehead atoms. The molecule has 0 aromatic heterocycles. The van der Waals surface area contributed by atoms with Gasteiger partial charge in [0.25, 0.3) is 0 Å². The molecule has 2 aliphatic rings. The van der Waals surface area contributed by atoms with Gasteiger partial charge >= 0.3 is 0 Å². The van der Waals surface area contributed by atoms with E-state index in [0.29, 0.717) is 6.42 Å². The first kappa shape index (κ1) is 57.3. The van der Waals surface area contributed by atoms with Crippen LogP contribution in [0.15, 0.2) is 36.5 Å². The van der Waals surface area contributed by atoms with E-state index in [2.05, 4.69) is 36.5 Å². The Kier molecular flexibility index (Phi) is 33.1. The van der Waals surface area contributed by atoms with Gasteiger partial charge < -0.3 is 65.1 Å². The highest BCUT2D eigenvalue weighted by Crippen LogP contribution is 2.30. The molecule has 12 atom stereocenters. The summed E-state index contributed by atoms with van der Waals surface area (Å²) in [5.41, 5.74) is 0. The van der Waals surface area contributed by atoms with Crippen LogP contribution in [0.5, 0.6) is 0 Å². The number of carbonyl (C=O) groups is 1. The van der Waals surface area contributed by atoms with Gasteiger partial charge in [-0.2, -0.15) is 0 Å². The lowest BCUT2D eigenvalue weighted by molar-refractivity contribution is -0.359. The predicted octanol–water partition coefficient (Wildman–Crippen LogP) is 5.93. The van der Waals surface area contributed by atoms with Gasteiger partial charge in [-0.1, -0.05) is 166 Å². The number of amides is 1. The number of aliphatic hydroxyl groups is 8. The normalized spacial score (nSPS) is 27.8. The molecule has 2 heterocycles. The fourth-order valence-corrected chi connectivity index (χ4v) is 7.99. The third-order valence-electron chi connectivity index (χ3n) is 12.1. The molecule has 0 saturated carbocycles. The molecule has 368 valence electrons. The molecule has 63 heavy (non-hydrogen) atoms. The van der Waals surface area contributed by atoms with E-state index < -0.39 is 86.8 Å². The molecule has 2 rings (SSSR count). The van der Waals surface area contributed by atoms with Crippen molar-refractivity contribution < 1.29 is 64.6 Å². The summed E-state index contributed by atoms with van der Waals surface area (Å²) in [4.78, 5) is 12.3.